The Morgan fingerprint density at radius 2 is 2.06 bits per heavy atom. The van der Waals surface area contributed by atoms with E-state index in [1.807, 2.05) is 43.3 Å². The maximum atomic E-state index is 13.1. The van der Waals surface area contributed by atoms with Gasteiger partial charge in [-0.15, -0.1) is 0 Å². The second-order valence-electron chi connectivity index (χ2n) is 7.85. The lowest BCUT2D eigenvalue weighted by Gasteiger charge is -2.33. The highest BCUT2D eigenvalue weighted by atomic mass is 16.5. The maximum Gasteiger partial charge on any atom is 0.291 e. The lowest BCUT2D eigenvalue weighted by molar-refractivity contribution is -0.0254. The fourth-order valence-corrected chi connectivity index (χ4v) is 3.73. The quantitative estimate of drug-likeness (QED) is 0.601. The molecule has 1 aliphatic heterocycles. The highest BCUT2D eigenvalue weighted by molar-refractivity contribution is 5.92. The van der Waals surface area contributed by atoms with Crippen molar-refractivity contribution in [3.63, 3.8) is 0 Å². The standard InChI is InChI=1S/C23H27N5O4/c1-14-21(32-15(2)25-14)22(29)28-9-10-31-19(13-28)20-18(12-24-23(26-20)27(3)4)16-7-6-8-17(11-16)30-5/h6-8,11-12,19H,9-10,13H2,1-5H3. The Morgan fingerprint density at radius 1 is 1.25 bits per heavy atom. The van der Waals surface area contributed by atoms with Gasteiger partial charge in [0.15, 0.2) is 5.89 Å². The second kappa shape index (κ2) is 8.96. The Balaban J connectivity index is 1.70. The van der Waals surface area contributed by atoms with E-state index in [9.17, 15) is 4.79 Å². The molecule has 1 fully saturated rings. The van der Waals surface area contributed by atoms with Crippen molar-refractivity contribution in [2.75, 3.05) is 45.8 Å². The van der Waals surface area contributed by atoms with Crippen molar-refractivity contribution in [3.05, 3.63) is 53.5 Å². The number of benzene rings is 1. The molecule has 0 saturated carbocycles. The molecule has 2 aromatic heterocycles. The van der Waals surface area contributed by atoms with Crippen LogP contribution in [0.3, 0.4) is 0 Å². The van der Waals surface area contributed by atoms with Gasteiger partial charge in [-0.2, -0.15) is 0 Å². The average molecular weight is 438 g/mol. The molecule has 0 spiro atoms. The third kappa shape index (κ3) is 4.29. The van der Waals surface area contributed by atoms with Crippen LogP contribution in [0.1, 0.15) is 33.9 Å². The third-order valence-electron chi connectivity index (χ3n) is 5.34. The predicted molar refractivity (Wildman–Crippen MR) is 119 cm³/mol. The van der Waals surface area contributed by atoms with Crippen molar-refractivity contribution in [2.24, 2.45) is 0 Å². The average Bonchev–Trinajstić information content (AvgIpc) is 3.16. The summed E-state index contributed by atoms with van der Waals surface area (Å²) >= 11 is 0. The molecule has 1 amide bonds. The van der Waals surface area contributed by atoms with Gasteiger partial charge in [-0.1, -0.05) is 12.1 Å². The Hall–Kier alpha value is -3.46. The number of morpholine rings is 1. The van der Waals surface area contributed by atoms with Gasteiger partial charge in [0.25, 0.3) is 5.91 Å². The number of ether oxygens (including phenoxy) is 2. The first-order valence-corrected chi connectivity index (χ1v) is 10.4. The molecule has 9 nitrogen and oxygen atoms in total. The Bertz CT molecular complexity index is 1130. The largest absolute Gasteiger partial charge is 0.497 e. The first-order chi connectivity index (χ1) is 15.4. The zero-order valence-electron chi connectivity index (χ0n) is 19.0. The molecule has 4 rings (SSSR count). The Kier molecular flexibility index (Phi) is 6.09. The van der Waals surface area contributed by atoms with Crippen LogP contribution in [0.25, 0.3) is 11.1 Å². The minimum absolute atomic E-state index is 0.193. The van der Waals surface area contributed by atoms with Gasteiger partial charge < -0.3 is 23.7 Å². The summed E-state index contributed by atoms with van der Waals surface area (Å²) in [5, 5.41) is 0. The third-order valence-corrected chi connectivity index (χ3v) is 5.34. The number of aromatic nitrogens is 3. The van der Waals surface area contributed by atoms with Crippen LogP contribution >= 0.6 is 0 Å². The van der Waals surface area contributed by atoms with Crippen molar-refractivity contribution in [1.82, 2.24) is 19.9 Å². The number of rotatable bonds is 5. The molecular formula is C23H27N5O4. The van der Waals surface area contributed by atoms with Crippen LogP contribution in [-0.2, 0) is 4.74 Å². The normalized spacial score (nSPS) is 16.2. The number of aryl methyl sites for hydroxylation is 2. The minimum atomic E-state index is -0.417. The topological polar surface area (TPSA) is 93.8 Å². The molecule has 9 heteroatoms. The lowest BCUT2D eigenvalue weighted by Crippen LogP contribution is -2.42. The van der Waals surface area contributed by atoms with Gasteiger partial charge in [0.2, 0.25) is 11.7 Å². The molecule has 0 N–H and O–H groups in total. The van der Waals surface area contributed by atoms with E-state index in [0.29, 0.717) is 37.2 Å². The number of carbonyl (C=O) groups excluding carboxylic acids is 1. The number of carbonyl (C=O) groups is 1. The van der Waals surface area contributed by atoms with Gasteiger partial charge in [0, 0.05) is 39.3 Å². The highest BCUT2D eigenvalue weighted by Crippen LogP contribution is 2.33. The van der Waals surface area contributed by atoms with Crippen molar-refractivity contribution in [2.45, 2.75) is 20.0 Å². The molecule has 1 unspecified atom stereocenters. The minimum Gasteiger partial charge on any atom is -0.497 e. The number of amides is 1. The summed E-state index contributed by atoms with van der Waals surface area (Å²) in [6.07, 6.45) is 1.38. The monoisotopic (exact) mass is 437 g/mol. The molecule has 0 radical (unpaired) electrons. The number of nitrogens with zero attached hydrogens (tertiary/aromatic N) is 5. The van der Waals surface area contributed by atoms with Crippen LogP contribution in [0.5, 0.6) is 5.75 Å². The van der Waals surface area contributed by atoms with Gasteiger partial charge in [0.05, 0.1) is 31.6 Å². The zero-order chi connectivity index (χ0) is 22.8. The fraction of sp³-hybridized carbons (Fsp3) is 0.391. The first kappa shape index (κ1) is 21.8. The van der Waals surface area contributed by atoms with Gasteiger partial charge in [-0.05, 0) is 24.6 Å². The van der Waals surface area contributed by atoms with Crippen LogP contribution < -0.4 is 9.64 Å². The number of hydrogen-bond donors (Lipinski definition) is 0. The Morgan fingerprint density at radius 3 is 2.75 bits per heavy atom. The lowest BCUT2D eigenvalue weighted by atomic mass is 10.0. The SMILES string of the molecule is COc1cccc(-c2cnc(N(C)C)nc2C2CN(C(=O)c3oc(C)nc3C)CCO2)c1. The molecule has 168 valence electrons. The van der Waals surface area contributed by atoms with E-state index >= 15 is 0 Å². The van der Waals surface area contributed by atoms with Crippen molar-refractivity contribution in [3.8, 4) is 16.9 Å². The van der Waals surface area contributed by atoms with Crippen LogP contribution in [0.2, 0.25) is 0 Å². The summed E-state index contributed by atoms with van der Waals surface area (Å²) < 4.78 is 17.0. The smallest absolute Gasteiger partial charge is 0.291 e. The molecule has 1 atom stereocenters. The van der Waals surface area contributed by atoms with E-state index in [4.69, 9.17) is 18.9 Å². The van der Waals surface area contributed by atoms with Crippen LogP contribution in [0.4, 0.5) is 5.95 Å². The summed E-state index contributed by atoms with van der Waals surface area (Å²) in [5.41, 5.74) is 3.06. The van der Waals surface area contributed by atoms with Crippen LogP contribution in [-0.4, -0.2) is 66.7 Å². The van der Waals surface area contributed by atoms with Gasteiger partial charge >= 0.3 is 0 Å². The number of methoxy groups -OCH3 is 1. The van der Waals surface area contributed by atoms with Gasteiger partial charge in [-0.25, -0.2) is 15.0 Å². The zero-order valence-corrected chi connectivity index (χ0v) is 19.0. The van der Waals surface area contributed by atoms with Crippen LogP contribution in [0.15, 0.2) is 34.9 Å². The maximum absolute atomic E-state index is 13.1. The molecule has 1 aliphatic rings. The van der Waals surface area contributed by atoms with E-state index in [1.165, 1.54) is 0 Å². The molecule has 32 heavy (non-hydrogen) atoms. The van der Waals surface area contributed by atoms with Crippen molar-refractivity contribution < 1.29 is 18.7 Å². The molecule has 0 bridgehead atoms. The van der Waals surface area contributed by atoms with Gasteiger partial charge in [-0.3, -0.25) is 4.79 Å². The van der Waals surface area contributed by atoms with Crippen molar-refractivity contribution >= 4 is 11.9 Å². The predicted octanol–water partition coefficient (Wildman–Crippen LogP) is 3.04. The highest BCUT2D eigenvalue weighted by Gasteiger charge is 2.32. The summed E-state index contributed by atoms with van der Waals surface area (Å²) in [7, 11) is 5.40. The first-order valence-electron chi connectivity index (χ1n) is 10.4. The fourth-order valence-electron chi connectivity index (χ4n) is 3.73. The number of anilines is 1. The summed E-state index contributed by atoms with van der Waals surface area (Å²) in [6, 6.07) is 7.72. The summed E-state index contributed by atoms with van der Waals surface area (Å²) in [5.74, 6) is 1.86. The molecule has 1 aromatic carbocycles. The van der Waals surface area contributed by atoms with E-state index in [0.717, 1.165) is 22.6 Å². The summed E-state index contributed by atoms with van der Waals surface area (Å²) in [6.45, 7) is 4.71. The van der Waals surface area contributed by atoms with Gasteiger partial charge in [0.1, 0.15) is 11.9 Å². The van der Waals surface area contributed by atoms with E-state index in [1.54, 1.807) is 32.1 Å². The van der Waals surface area contributed by atoms with E-state index < -0.39 is 6.10 Å². The molecule has 1 saturated heterocycles. The van der Waals surface area contributed by atoms with Crippen LogP contribution in [0, 0.1) is 13.8 Å². The number of hydrogen-bond acceptors (Lipinski definition) is 8. The molecule has 3 aromatic rings. The van der Waals surface area contributed by atoms with Crippen molar-refractivity contribution in [1.29, 1.82) is 0 Å². The second-order valence-corrected chi connectivity index (χ2v) is 7.85. The molecule has 3 heterocycles. The van der Waals surface area contributed by atoms with E-state index in [2.05, 4.69) is 9.97 Å². The number of oxazole rings is 1. The summed E-state index contributed by atoms with van der Waals surface area (Å²) in [4.78, 5) is 30.2. The molecule has 0 aliphatic carbocycles. The van der Waals surface area contributed by atoms with E-state index in [-0.39, 0.29) is 11.7 Å². The molecular weight excluding hydrogens is 410 g/mol. The Labute approximate surface area is 187 Å².